The second-order valence-electron chi connectivity index (χ2n) is 3.50. The van der Waals surface area contributed by atoms with Crippen molar-refractivity contribution in [3.05, 3.63) is 0 Å². The predicted molar refractivity (Wildman–Crippen MR) is 47.6 cm³/mol. The summed E-state index contributed by atoms with van der Waals surface area (Å²) in [5.41, 5.74) is 5.47. The Morgan fingerprint density at radius 2 is 2.27 bits per heavy atom. The minimum absolute atomic E-state index is 0.751. The van der Waals surface area contributed by atoms with Crippen molar-refractivity contribution in [3.8, 4) is 0 Å². The Bertz CT molecular complexity index is 114. The minimum Gasteiger partial charge on any atom is -0.329 e. The van der Waals surface area contributed by atoms with Gasteiger partial charge in [-0.1, -0.05) is 0 Å². The van der Waals surface area contributed by atoms with Crippen LogP contribution in [0.25, 0.3) is 0 Å². The Morgan fingerprint density at radius 3 is 2.73 bits per heavy atom. The molecule has 1 aliphatic rings. The molecule has 0 saturated carbocycles. The Hall–Kier alpha value is -0.120. The SMILES string of the molecule is CN(C)[C@H]1CCN(CCN)C1. The number of likely N-dealkylation sites (tertiary alicyclic amines) is 1. The zero-order valence-electron chi connectivity index (χ0n) is 7.58. The fourth-order valence-electron chi connectivity index (χ4n) is 1.62. The average Bonchev–Trinajstić information content (AvgIpc) is 2.37. The Balaban J connectivity index is 2.23. The van der Waals surface area contributed by atoms with Crippen LogP contribution < -0.4 is 5.73 Å². The molecule has 11 heavy (non-hydrogen) atoms. The van der Waals surface area contributed by atoms with Gasteiger partial charge in [0.25, 0.3) is 0 Å². The van der Waals surface area contributed by atoms with E-state index in [1.165, 1.54) is 19.5 Å². The van der Waals surface area contributed by atoms with Crippen LogP contribution in [-0.2, 0) is 0 Å². The lowest BCUT2D eigenvalue weighted by atomic mass is 10.2. The van der Waals surface area contributed by atoms with Gasteiger partial charge < -0.3 is 15.5 Å². The number of hydrogen-bond donors (Lipinski definition) is 1. The van der Waals surface area contributed by atoms with Crippen LogP contribution >= 0.6 is 0 Å². The molecule has 2 N–H and O–H groups in total. The Kier molecular flexibility index (Phi) is 3.30. The summed E-state index contributed by atoms with van der Waals surface area (Å²) in [4.78, 5) is 4.74. The topological polar surface area (TPSA) is 32.5 Å². The van der Waals surface area contributed by atoms with Gasteiger partial charge in [0, 0.05) is 25.7 Å². The molecule has 1 fully saturated rings. The van der Waals surface area contributed by atoms with E-state index in [1.807, 2.05) is 0 Å². The zero-order valence-corrected chi connectivity index (χ0v) is 7.58. The second-order valence-corrected chi connectivity index (χ2v) is 3.50. The summed E-state index contributed by atoms with van der Waals surface area (Å²) in [6.07, 6.45) is 1.30. The number of rotatable bonds is 3. The molecule has 0 bridgehead atoms. The van der Waals surface area contributed by atoms with Gasteiger partial charge in [0.1, 0.15) is 0 Å². The van der Waals surface area contributed by atoms with E-state index >= 15 is 0 Å². The van der Waals surface area contributed by atoms with Crippen molar-refractivity contribution in [3.63, 3.8) is 0 Å². The molecule has 1 heterocycles. The summed E-state index contributed by atoms with van der Waals surface area (Å²) in [5.74, 6) is 0. The molecule has 1 rings (SSSR count). The van der Waals surface area contributed by atoms with Crippen molar-refractivity contribution in [1.29, 1.82) is 0 Å². The van der Waals surface area contributed by atoms with E-state index in [-0.39, 0.29) is 0 Å². The number of nitrogens with two attached hydrogens (primary N) is 1. The molecule has 0 spiro atoms. The van der Waals surface area contributed by atoms with Crippen molar-refractivity contribution in [2.75, 3.05) is 40.3 Å². The molecule has 0 aliphatic carbocycles. The van der Waals surface area contributed by atoms with E-state index in [0.29, 0.717) is 0 Å². The fraction of sp³-hybridized carbons (Fsp3) is 1.00. The molecule has 0 unspecified atom stereocenters. The summed E-state index contributed by atoms with van der Waals surface area (Å²) in [6.45, 7) is 4.27. The first-order valence-corrected chi connectivity index (χ1v) is 4.33. The first-order valence-electron chi connectivity index (χ1n) is 4.33. The predicted octanol–water partition coefficient (Wildman–Crippen LogP) is -0.419. The third-order valence-corrected chi connectivity index (χ3v) is 2.42. The van der Waals surface area contributed by atoms with E-state index in [4.69, 9.17) is 5.73 Å². The summed E-state index contributed by atoms with van der Waals surface area (Å²) in [6, 6.07) is 0.751. The van der Waals surface area contributed by atoms with Gasteiger partial charge >= 0.3 is 0 Å². The Morgan fingerprint density at radius 1 is 1.55 bits per heavy atom. The highest BCUT2D eigenvalue weighted by molar-refractivity contribution is 4.80. The third kappa shape index (κ3) is 2.43. The van der Waals surface area contributed by atoms with Gasteiger partial charge in [-0.25, -0.2) is 0 Å². The van der Waals surface area contributed by atoms with Gasteiger partial charge in [0.15, 0.2) is 0 Å². The summed E-state index contributed by atoms with van der Waals surface area (Å²) >= 11 is 0. The van der Waals surface area contributed by atoms with Crippen molar-refractivity contribution in [1.82, 2.24) is 9.80 Å². The maximum atomic E-state index is 5.47. The molecule has 0 aromatic carbocycles. The van der Waals surface area contributed by atoms with Crippen molar-refractivity contribution in [2.45, 2.75) is 12.5 Å². The molecule has 1 atom stereocenters. The molecule has 66 valence electrons. The molecule has 1 saturated heterocycles. The van der Waals surface area contributed by atoms with E-state index in [1.54, 1.807) is 0 Å². The van der Waals surface area contributed by atoms with Crippen LogP contribution in [0.4, 0.5) is 0 Å². The van der Waals surface area contributed by atoms with Crippen molar-refractivity contribution < 1.29 is 0 Å². The lowest BCUT2D eigenvalue weighted by molar-refractivity contribution is 0.272. The smallest absolute Gasteiger partial charge is 0.0229 e. The van der Waals surface area contributed by atoms with Gasteiger partial charge in [0.05, 0.1) is 0 Å². The van der Waals surface area contributed by atoms with Gasteiger partial charge in [0.2, 0.25) is 0 Å². The molecule has 0 radical (unpaired) electrons. The largest absolute Gasteiger partial charge is 0.329 e. The molecule has 1 aliphatic heterocycles. The van der Waals surface area contributed by atoms with Crippen LogP contribution in [0.15, 0.2) is 0 Å². The van der Waals surface area contributed by atoms with Gasteiger partial charge in [-0.05, 0) is 27.1 Å². The Labute approximate surface area is 69.1 Å². The number of likely N-dealkylation sites (N-methyl/N-ethyl adjacent to an activating group) is 1. The molecule has 0 aromatic rings. The van der Waals surface area contributed by atoms with Crippen molar-refractivity contribution >= 4 is 0 Å². The van der Waals surface area contributed by atoms with E-state index < -0.39 is 0 Å². The van der Waals surface area contributed by atoms with Crippen LogP contribution in [0, 0.1) is 0 Å². The molecule has 3 heteroatoms. The molecule has 0 aromatic heterocycles. The molecular weight excluding hydrogens is 138 g/mol. The van der Waals surface area contributed by atoms with Gasteiger partial charge in [-0.2, -0.15) is 0 Å². The summed E-state index contributed by atoms with van der Waals surface area (Å²) in [5, 5.41) is 0. The van der Waals surface area contributed by atoms with Crippen molar-refractivity contribution in [2.24, 2.45) is 5.73 Å². The summed E-state index contributed by atoms with van der Waals surface area (Å²) < 4.78 is 0. The molecule has 3 nitrogen and oxygen atoms in total. The maximum absolute atomic E-state index is 5.47. The monoisotopic (exact) mass is 157 g/mol. The van der Waals surface area contributed by atoms with Crippen LogP contribution in [0.1, 0.15) is 6.42 Å². The van der Waals surface area contributed by atoms with Gasteiger partial charge in [-0.15, -0.1) is 0 Å². The first-order chi connectivity index (χ1) is 5.24. The van der Waals surface area contributed by atoms with E-state index in [2.05, 4.69) is 23.9 Å². The van der Waals surface area contributed by atoms with Gasteiger partial charge in [-0.3, -0.25) is 0 Å². The number of hydrogen-bond acceptors (Lipinski definition) is 3. The highest BCUT2D eigenvalue weighted by atomic mass is 15.2. The normalized spacial score (nSPS) is 26.7. The lowest BCUT2D eigenvalue weighted by Crippen LogP contribution is -2.33. The molecular formula is C8H19N3. The lowest BCUT2D eigenvalue weighted by Gasteiger charge is -2.19. The zero-order chi connectivity index (χ0) is 8.27. The fourth-order valence-corrected chi connectivity index (χ4v) is 1.62. The highest BCUT2D eigenvalue weighted by Gasteiger charge is 2.22. The average molecular weight is 157 g/mol. The minimum atomic E-state index is 0.751. The third-order valence-electron chi connectivity index (χ3n) is 2.42. The standard InChI is InChI=1S/C8H19N3/c1-10(2)8-3-5-11(7-8)6-4-9/h8H,3-7,9H2,1-2H3/t8-/m0/s1. The second kappa shape index (κ2) is 4.04. The van der Waals surface area contributed by atoms with E-state index in [9.17, 15) is 0 Å². The number of nitrogens with zero attached hydrogens (tertiary/aromatic N) is 2. The first kappa shape index (κ1) is 8.97. The van der Waals surface area contributed by atoms with Crippen LogP contribution in [0.5, 0.6) is 0 Å². The molecule has 0 amide bonds. The van der Waals surface area contributed by atoms with Crippen LogP contribution in [0.2, 0.25) is 0 Å². The van der Waals surface area contributed by atoms with E-state index in [0.717, 1.165) is 19.1 Å². The quantitative estimate of drug-likeness (QED) is 0.604. The maximum Gasteiger partial charge on any atom is 0.0229 e. The summed E-state index contributed by atoms with van der Waals surface area (Å²) in [7, 11) is 4.30. The van der Waals surface area contributed by atoms with Crippen LogP contribution in [-0.4, -0.2) is 56.1 Å². The van der Waals surface area contributed by atoms with Crippen LogP contribution in [0.3, 0.4) is 0 Å². The highest BCUT2D eigenvalue weighted by Crippen LogP contribution is 2.11.